The van der Waals surface area contributed by atoms with E-state index in [1.165, 1.54) is 6.07 Å². The highest BCUT2D eigenvalue weighted by atomic mass is 19.4. The van der Waals surface area contributed by atoms with Gasteiger partial charge in [-0.05, 0) is 38.8 Å². The first-order valence-electron chi connectivity index (χ1n) is 8.39. The van der Waals surface area contributed by atoms with Crippen LogP contribution in [0.5, 0.6) is 5.75 Å². The van der Waals surface area contributed by atoms with Gasteiger partial charge in [-0.3, -0.25) is 9.48 Å². The molecule has 1 N–H and O–H groups in total. The van der Waals surface area contributed by atoms with Gasteiger partial charge in [0.05, 0.1) is 11.6 Å². The molecule has 26 heavy (non-hydrogen) atoms. The molecule has 0 saturated carbocycles. The van der Waals surface area contributed by atoms with Gasteiger partial charge in [-0.1, -0.05) is 0 Å². The summed E-state index contributed by atoms with van der Waals surface area (Å²) in [5, 5.41) is 6.96. The maximum Gasteiger partial charge on any atom is 0.408 e. The first kappa shape index (κ1) is 18.5. The lowest BCUT2D eigenvalue weighted by atomic mass is 10.2. The van der Waals surface area contributed by atoms with Crippen molar-refractivity contribution in [1.29, 1.82) is 0 Å². The summed E-state index contributed by atoms with van der Waals surface area (Å²) in [6.07, 6.45) is -3.80. The van der Waals surface area contributed by atoms with E-state index in [-0.39, 0.29) is 17.4 Å². The van der Waals surface area contributed by atoms with Crippen molar-refractivity contribution in [2.45, 2.75) is 51.6 Å². The van der Waals surface area contributed by atoms with Crippen LogP contribution in [0.25, 0.3) is 10.9 Å². The van der Waals surface area contributed by atoms with Crippen LogP contribution in [0.2, 0.25) is 0 Å². The lowest BCUT2D eigenvalue weighted by Crippen LogP contribution is -2.27. The molecular formula is C17H20F3N3O3. The fourth-order valence-electron chi connectivity index (χ4n) is 2.86. The van der Waals surface area contributed by atoms with E-state index in [4.69, 9.17) is 9.47 Å². The molecule has 1 aromatic heterocycles. The number of benzene rings is 1. The van der Waals surface area contributed by atoms with E-state index < -0.39 is 24.7 Å². The summed E-state index contributed by atoms with van der Waals surface area (Å²) in [4.78, 5) is 12.2. The standard InChI is InChI=1S/C17H20F3N3O3/c1-10(2)26-11-5-6-12-13(8-11)23(9-17(18,19)20)22-15(12)21-16(24)14-4-3-7-25-14/h5-6,8,10,14H,3-4,7,9H2,1-2H3,(H,21,22,24)/t14-/m1/s1. The molecule has 1 fully saturated rings. The zero-order chi connectivity index (χ0) is 18.9. The molecule has 1 amide bonds. The molecule has 1 aliphatic rings. The van der Waals surface area contributed by atoms with Gasteiger partial charge in [0.15, 0.2) is 5.82 Å². The Kier molecular flexibility index (Phi) is 5.08. The van der Waals surface area contributed by atoms with E-state index in [0.717, 1.165) is 11.1 Å². The summed E-state index contributed by atoms with van der Waals surface area (Å²) in [5.41, 5.74) is 0.239. The number of hydrogen-bond donors (Lipinski definition) is 1. The monoisotopic (exact) mass is 371 g/mol. The topological polar surface area (TPSA) is 65.4 Å². The van der Waals surface area contributed by atoms with Crippen LogP contribution in [0.4, 0.5) is 19.0 Å². The van der Waals surface area contributed by atoms with Crippen LogP contribution < -0.4 is 10.1 Å². The number of ether oxygens (including phenoxy) is 2. The number of hydrogen-bond acceptors (Lipinski definition) is 4. The van der Waals surface area contributed by atoms with Crippen LogP contribution in [-0.4, -0.2) is 40.7 Å². The number of aromatic nitrogens is 2. The maximum atomic E-state index is 12.9. The summed E-state index contributed by atoms with van der Waals surface area (Å²) in [7, 11) is 0. The fraction of sp³-hybridized carbons (Fsp3) is 0.529. The first-order valence-corrected chi connectivity index (χ1v) is 8.39. The largest absolute Gasteiger partial charge is 0.491 e. The molecule has 6 nitrogen and oxygen atoms in total. The van der Waals surface area contributed by atoms with Gasteiger partial charge in [-0.15, -0.1) is 0 Å². The van der Waals surface area contributed by atoms with Crippen LogP contribution >= 0.6 is 0 Å². The van der Waals surface area contributed by atoms with Crippen LogP contribution in [-0.2, 0) is 16.1 Å². The van der Waals surface area contributed by atoms with Crippen LogP contribution in [0.3, 0.4) is 0 Å². The minimum absolute atomic E-state index is 0.0841. The molecule has 1 saturated heterocycles. The molecular weight excluding hydrogens is 351 g/mol. The number of halogens is 3. The zero-order valence-corrected chi connectivity index (χ0v) is 14.5. The van der Waals surface area contributed by atoms with Gasteiger partial charge >= 0.3 is 6.18 Å². The van der Waals surface area contributed by atoms with Crippen molar-refractivity contribution < 1.29 is 27.4 Å². The maximum absolute atomic E-state index is 12.9. The molecule has 0 radical (unpaired) electrons. The summed E-state index contributed by atoms with van der Waals surface area (Å²) < 4.78 is 50.4. The number of nitrogens with one attached hydrogen (secondary N) is 1. The van der Waals surface area contributed by atoms with E-state index in [0.29, 0.717) is 24.2 Å². The molecule has 0 unspecified atom stereocenters. The van der Waals surface area contributed by atoms with Crippen molar-refractivity contribution >= 4 is 22.6 Å². The second-order valence-corrected chi connectivity index (χ2v) is 6.46. The second kappa shape index (κ2) is 7.14. The van der Waals surface area contributed by atoms with Crippen molar-refractivity contribution in [1.82, 2.24) is 9.78 Å². The molecule has 1 atom stereocenters. The molecule has 0 bridgehead atoms. The van der Waals surface area contributed by atoms with Crippen molar-refractivity contribution in [2.24, 2.45) is 0 Å². The number of rotatable bonds is 5. The number of anilines is 1. The van der Waals surface area contributed by atoms with Gasteiger partial charge in [-0.2, -0.15) is 18.3 Å². The number of fused-ring (bicyclic) bond motifs is 1. The predicted octanol–water partition coefficient (Wildman–Crippen LogP) is 3.50. The second-order valence-electron chi connectivity index (χ2n) is 6.46. The number of nitrogens with zero attached hydrogens (tertiary/aromatic N) is 2. The van der Waals surface area contributed by atoms with Gasteiger partial charge < -0.3 is 14.8 Å². The van der Waals surface area contributed by atoms with Gasteiger partial charge in [0.1, 0.15) is 18.4 Å². The molecule has 1 aromatic carbocycles. The molecule has 0 spiro atoms. The van der Waals surface area contributed by atoms with Crippen molar-refractivity contribution in [3.8, 4) is 5.75 Å². The highest BCUT2D eigenvalue weighted by Gasteiger charge is 2.31. The summed E-state index contributed by atoms with van der Waals surface area (Å²) in [5.74, 6) is 0.122. The molecule has 0 aliphatic carbocycles. The van der Waals surface area contributed by atoms with E-state index in [1.54, 1.807) is 12.1 Å². The highest BCUT2D eigenvalue weighted by Crippen LogP contribution is 2.30. The van der Waals surface area contributed by atoms with E-state index >= 15 is 0 Å². The van der Waals surface area contributed by atoms with Crippen molar-refractivity contribution in [2.75, 3.05) is 11.9 Å². The lowest BCUT2D eigenvalue weighted by Gasteiger charge is -2.11. The minimum atomic E-state index is -4.44. The van der Waals surface area contributed by atoms with E-state index in [1.807, 2.05) is 13.8 Å². The third-order valence-electron chi connectivity index (χ3n) is 3.89. The van der Waals surface area contributed by atoms with Gasteiger partial charge in [0.2, 0.25) is 0 Å². The highest BCUT2D eigenvalue weighted by molar-refractivity contribution is 6.01. The Morgan fingerprint density at radius 1 is 1.46 bits per heavy atom. The number of carbonyl (C=O) groups excluding carboxylic acids is 1. The van der Waals surface area contributed by atoms with Crippen LogP contribution in [0.15, 0.2) is 18.2 Å². The Bertz CT molecular complexity index is 796. The fourth-order valence-corrected chi connectivity index (χ4v) is 2.86. The van der Waals surface area contributed by atoms with Gasteiger partial charge in [-0.25, -0.2) is 0 Å². The molecule has 142 valence electrons. The molecule has 2 aromatic rings. The Hall–Kier alpha value is -2.29. The molecule has 9 heteroatoms. The normalized spacial score (nSPS) is 17.8. The number of alkyl halides is 3. The third-order valence-corrected chi connectivity index (χ3v) is 3.89. The molecule has 3 rings (SSSR count). The summed E-state index contributed by atoms with van der Waals surface area (Å²) in [6.45, 7) is 2.89. The average Bonchev–Trinajstić information content (AvgIpc) is 3.15. The Morgan fingerprint density at radius 2 is 2.23 bits per heavy atom. The van der Waals surface area contributed by atoms with Gasteiger partial charge in [0, 0.05) is 18.1 Å². The minimum Gasteiger partial charge on any atom is -0.491 e. The SMILES string of the molecule is CC(C)Oc1ccc2c(NC(=O)[C@H]3CCCO3)nn(CC(F)(F)F)c2c1. The summed E-state index contributed by atoms with van der Waals surface area (Å²) >= 11 is 0. The average molecular weight is 371 g/mol. The Labute approximate surface area is 148 Å². The lowest BCUT2D eigenvalue weighted by molar-refractivity contribution is -0.141. The number of amides is 1. The van der Waals surface area contributed by atoms with Crippen molar-refractivity contribution in [3.63, 3.8) is 0 Å². The Balaban J connectivity index is 1.95. The quantitative estimate of drug-likeness (QED) is 0.874. The van der Waals surface area contributed by atoms with E-state index in [9.17, 15) is 18.0 Å². The third kappa shape index (κ3) is 4.27. The number of carbonyl (C=O) groups is 1. The summed E-state index contributed by atoms with van der Waals surface area (Å²) in [6, 6.07) is 4.73. The van der Waals surface area contributed by atoms with Gasteiger partial charge in [0.25, 0.3) is 5.91 Å². The molecule has 1 aliphatic heterocycles. The van der Waals surface area contributed by atoms with Crippen LogP contribution in [0.1, 0.15) is 26.7 Å². The predicted molar refractivity (Wildman–Crippen MR) is 89.2 cm³/mol. The van der Waals surface area contributed by atoms with Crippen LogP contribution in [0, 0.1) is 0 Å². The Morgan fingerprint density at radius 3 is 2.85 bits per heavy atom. The van der Waals surface area contributed by atoms with Crippen molar-refractivity contribution in [3.05, 3.63) is 18.2 Å². The first-order chi connectivity index (χ1) is 12.2. The molecule has 2 heterocycles. The van der Waals surface area contributed by atoms with E-state index in [2.05, 4.69) is 10.4 Å². The zero-order valence-electron chi connectivity index (χ0n) is 14.5. The smallest absolute Gasteiger partial charge is 0.408 e.